The lowest BCUT2D eigenvalue weighted by Crippen LogP contribution is -2.47. The second-order valence-corrected chi connectivity index (χ2v) is 5.81. The maximum absolute atomic E-state index is 4.28. The number of hydrogen-bond acceptors (Lipinski definition) is 3. The van der Waals surface area contributed by atoms with Gasteiger partial charge in [-0.1, -0.05) is 43.3 Å². The van der Waals surface area contributed by atoms with Crippen LogP contribution in [0.3, 0.4) is 0 Å². The number of nitrogens with one attached hydrogen (secondary N) is 1. The molecule has 1 fully saturated rings. The molecule has 22 heavy (non-hydrogen) atoms. The zero-order valence-corrected chi connectivity index (χ0v) is 13.8. The Kier molecular flexibility index (Phi) is 6.37. The zero-order chi connectivity index (χ0) is 14.5. The molecule has 3 nitrogen and oxygen atoms in total. The van der Waals surface area contributed by atoms with Gasteiger partial charge in [-0.3, -0.25) is 9.88 Å². The molecule has 2 unspecified atom stereocenters. The van der Waals surface area contributed by atoms with Crippen LogP contribution < -0.4 is 5.32 Å². The summed E-state index contributed by atoms with van der Waals surface area (Å²) in [7, 11) is 0. The number of rotatable bonds is 4. The standard InChI is InChI=1S/C18H23N3.ClH/c1-15(16-6-3-2-4-7-16)14-21-11-10-20-13-18(21)17-8-5-9-19-12-17;/h2-9,12,15,18,20H,10-11,13-14H2,1H3;1H. The number of nitrogens with zero attached hydrogens (tertiary/aromatic N) is 2. The summed E-state index contributed by atoms with van der Waals surface area (Å²) in [5.74, 6) is 0.545. The minimum absolute atomic E-state index is 0. The Hall–Kier alpha value is -1.42. The molecule has 0 saturated carbocycles. The Morgan fingerprint density at radius 2 is 2.05 bits per heavy atom. The Morgan fingerprint density at radius 3 is 2.77 bits per heavy atom. The van der Waals surface area contributed by atoms with Crippen molar-refractivity contribution in [3.05, 3.63) is 66.0 Å². The SMILES string of the molecule is CC(CN1CCNCC1c1cccnc1)c1ccccc1.Cl. The van der Waals surface area contributed by atoms with E-state index >= 15 is 0 Å². The van der Waals surface area contributed by atoms with E-state index < -0.39 is 0 Å². The normalized spacial score (nSPS) is 20.1. The molecule has 1 aromatic carbocycles. The monoisotopic (exact) mass is 317 g/mol. The summed E-state index contributed by atoms with van der Waals surface area (Å²) in [4.78, 5) is 6.87. The van der Waals surface area contributed by atoms with E-state index in [4.69, 9.17) is 0 Å². The Balaban J connectivity index is 0.00000176. The van der Waals surface area contributed by atoms with Gasteiger partial charge in [-0.25, -0.2) is 0 Å². The first-order valence-electron chi connectivity index (χ1n) is 7.74. The van der Waals surface area contributed by atoms with Crippen molar-refractivity contribution in [2.24, 2.45) is 0 Å². The molecule has 2 aromatic rings. The number of hydrogen-bond donors (Lipinski definition) is 1. The number of halogens is 1. The lowest BCUT2D eigenvalue weighted by atomic mass is 9.98. The smallest absolute Gasteiger partial charge is 0.0488 e. The highest BCUT2D eigenvalue weighted by molar-refractivity contribution is 5.85. The third-order valence-corrected chi connectivity index (χ3v) is 4.30. The molecular formula is C18H24ClN3. The number of piperazine rings is 1. The number of benzene rings is 1. The molecule has 1 aliphatic rings. The summed E-state index contributed by atoms with van der Waals surface area (Å²) >= 11 is 0. The zero-order valence-electron chi connectivity index (χ0n) is 13.0. The average Bonchev–Trinajstić information content (AvgIpc) is 2.57. The molecule has 3 rings (SSSR count). The van der Waals surface area contributed by atoms with Crippen molar-refractivity contribution in [1.82, 2.24) is 15.2 Å². The van der Waals surface area contributed by atoms with E-state index in [1.165, 1.54) is 11.1 Å². The first-order valence-corrected chi connectivity index (χ1v) is 7.74. The van der Waals surface area contributed by atoms with Gasteiger partial charge in [-0.2, -0.15) is 0 Å². The number of aromatic nitrogens is 1. The van der Waals surface area contributed by atoms with Gasteiger partial charge in [0.25, 0.3) is 0 Å². The van der Waals surface area contributed by atoms with Gasteiger partial charge in [0.05, 0.1) is 0 Å². The number of pyridine rings is 1. The molecule has 0 bridgehead atoms. The van der Waals surface area contributed by atoms with Crippen LogP contribution in [0.15, 0.2) is 54.9 Å². The van der Waals surface area contributed by atoms with Crippen LogP contribution in [0.1, 0.15) is 30.0 Å². The fraction of sp³-hybridized carbons (Fsp3) is 0.389. The van der Waals surface area contributed by atoms with E-state index in [0.717, 1.165) is 26.2 Å². The van der Waals surface area contributed by atoms with Crippen molar-refractivity contribution in [2.75, 3.05) is 26.2 Å². The quantitative estimate of drug-likeness (QED) is 0.938. The highest BCUT2D eigenvalue weighted by Crippen LogP contribution is 2.25. The molecule has 0 aliphatic carbocycles. The van der Waals surface area contributed by atoms with Crippen LogP contribution >= 0.6 is 12.4 Å². The van der Waals surface area contributed by atoms with Gasteiger partial charge in [0, 0.05) is 44.6 Å². The predicted molar refractivity (Wildman–Crippen MR) is 93.5 cm³/mol. The van der Waals surface area contributed by atoms with Crippen molar-refractivity contribution in [3.8, 4) is 0 Å². The topological polar surface area (TPSA) is 28.2 Å². The Bertz CT molecular complexity index is 547. The maximum Gasteiger partial charge on any atom is 0.0488 e. The molecule has 1 saturated heterocycles. The highest BCUT2D eigenvalue weighted by atomic mass is 35.5. The summed E-state index contributed by atoms with van der Waals surface area (Å²) in [5.41, 5.74) is 2.73. The summed E-state index contributed by atoms with van der Waals surface area (Å²) in [5, 5.41) is 3.51. The van der Waals surface area contributed by atoms with Gasteiger partial charge in [0.15, 0.2) is 0 Å². The van der Waals surface area contributed by atoms with Gasteiger partial charge >= 0.3 is 0 Å². The van der Waals surface area contributed by atoms with Crippen molar-refractivity contribution < 1.29 is 0 Å². The summed E-state index contributed by atoms with van der Waals surface area (Å²) in [6, 6.07) is 15.4. The molecule has 118 valence electrons. The molecule has 2 heterocycles. The molecular weight excluding hydrogens is 294 g/mol. The van der Waals surface area contributed by atoms with Gasteiger partial charge in [-0.15, -0.1) is 12.4 Å². The van der Waals surface area contributed by atoms with Gasteiger partial charge in [-0.05, 0) is 23.1 Å². The van der Waals surface area contributed by atoms with Crippen LogP contribution in [0.2, 0.25) is 0 Å². The van der Waals surface area contributed by atoms with E-state index in [0.29, 0.717) is 12.0 Å². The molecule has 1 aliphatic heterocycles. The molecule has 2 atom stereocenters. The first-order chi connectivity index (χ1) is 10.3. The van der Waals surface area contributed by atoms with E-state index in [9.17, 15) is 0 Å². The van der Waals surface area contributed by atoms with Crippen LogP contribution in [-0.4, -0.2) is 36.1 Å². The van der Waals surface area contributed by atoms with Crippen LogP contribution in [0.5, 0.6) is 0 Å². The Labute approximate surface area is 139 Å². The third kappa shape index (κ3) is 4.07. The van der Waals surface area contributed by atoms with Crippen LogP contribution in [0, 0.1) is 0 Å². The average molecular weight is 318 g/mol. The largest absolute Gasteiger partial charge is 0.314 e. The first kappa shape index (κ1) is 16.9. The molecule has 1 N–H and O–H groups in total. The van der Waals surface area contributed by atoms with Crippen molar-refractivity contribution in [2.45, 2.75) is 18.9 Å². The van der Waals surface area contributed by atoms with Gasteiger partial charge in [0.2, 0.25) is 0 Å². The van der Waals surface area contributed by atoms with E-state index in [1.54, 1.807) is 0 Å². The summed E-state index contributed by atoms with van der Waals surface area (Å²) < 4.78 is 0. The van der Waals surface area contributed by atoms with Gasteiger partial charge < -0.3 is 5.32 Å². The second-order valence-electron chi connectivity index (χ2n) is 5.81. The molecule has 4 heteroatoms. The summed E-state index contributed by atoms with van der Waals surface area (Å²) in [6.45, 7) is 6.57. The van der Waals surface area contributed by atoms with Crippen LogP contribution in [0.25, 0.3) is 0 Å². The van der Waals surface area contributed by atoms with E-state index in [-0.39, 0.29) is 12.4 Å². The molecule has 1 aromatic heterocycles. The minimum Gasteiger partial charge on any atom is -0.314 e. The molecule has 0 radical (unpaired) electrons. The highest BCUT2D eigenvalue weighted by Gasteiger charge is 2.25. The van der Waals surface area contributed by atoms with Crippen molar-refractivity contribution >= 4 is 12.4 Å². The molecule has 0 spiro atoms. The fourth-order valence-electron chi connectivity index (χ4n) is 3.11. The van der Waals surface area contributed by atoms with Crippen LogP contribution in [0.4, 0.5) is 0 Å². The Morgan fingerprint density at radius 1 is 1.23 bits per heavy atom. The van der Waals surface area contributed by atoms with E-state index in [1.807, 2.05) is 18.5 Å². The lowest BCUT2D eigenvalue weighted by Gasteiger charge is -2.38. The van der Waals surface area contributed by atoms with E-state index in [2.05, 4.69) is 58.5 Å². The fourth-order valence-corrected chi connectivity index (χ4v) is 3.11. The maximum atomic E-state index is 4.28. The predicted octanol–water partition coefficient (Wildman–Crippen LogP) is 3.25. The minimum atomic E-state index is 0. The summed E-state index contributed by atoms with van der Waals surface area (Å²) in [6.07, 6.45) is 3.84. The lowest BCUT2D eigenvalue weighted by molar-refractivity contribution is 0.154. The van der Waals surface area contributed by atoms with Crippen molar-refractivity contribution in [1.29, 1.82) is 0 Å². The third-order valence-electron chi connectivity index (χ3n) is 4.30. The molecule has 0 amide bonds. The van der Waals surface area contributed by atoms with Crippen LogP contribution in [-0.2, 0) is 0 Å². The van der Waals surface area contributed by atoms with Gasteiger partial charge in [0.1, 0.15) is 0 Å². The second kappa shape index (κ2) is 8.28. The van der Waals surface area contributed by atoms with Crippen molar-refractivity contribution in [3.63, 3.8) is 0 Å².